The third-order valence-electron chi connectivity index (χ3n) is 4.33. The number of hydrogen-bond acceptors (Lipinski definition) is 5. The number of carbonyl (C=O) groups is 1. The predicted octanol–water partition coefficient (Wildman–Crippen LogP) is 5.48. The van der Waals surface area contributed by atoms with Crippen LogP contribution in [0.25, 0.3) is 11.3 Å². The molecule has 0 atom stereocenters. The number of benzene rings is 1. The number of ketones is 1. The molecule has 0 bridgehead atoms. The molecule has 30 heavy (non-hydrogen) atoms. The summed E-state index contributed by atoms with van der Waals surface area (Å²) in [5.41, 5.74) is 0.478. The van der Waals surface area contributed by atoms with Gasteiger partial charge in [0.15, 0.2) is 0 Å². The lowest BCUT2D eigenvalue weighted by Gasteiger charge is -2.09. The molecule has 0 saturated heterocycles. The Morgan fingerprint density at radius 1 is 1.13 bits per heavy atom. The van der Waals surface area contributed by atoms with E-state index in [1.165, 1.54) is 24.7 Å². The van der Waals surface area contributed by atoms with E-state index in [2.05, 4.69) is 19.7 Å². The van der Waals surface area contributed by atoms with Crippen LogP contribution in [-0.4, -0.2) is 27.1 Å². The minimum Gasteiger partial charge on any atom is -0.442 e. The third-order valence-corrected chi connectivity index (χ3v) is 4.33. The minimum absolute atomic E-state index is 0.105. The molecule has 0 radical (unpaired) electrons. The van der Waals surface area contributed by atoms with Crippen molar-refractivity contribution in [2.75, 3.05) is 0 Å². The maximum absolute atomic E-state index is 14.1. The number of aromatic amines is 1. The lowest BCUT2D eigenvalue weighted by molar-refractivity contribution is -0.274. The van der Waals surface area contributed by atoms with Crippen LogP contribution in [0.3, 0.4) is 0 Å². The lowest BCUT2D eigenvalue weighted by Crippen LogP contribution is -2.17. The molecule has 2 heterocycles. The van der Waals surface area contributed by atoms with Gasteiger partial charge < -0.3 is 14.1 Å². The van der Waals surface area contributed by atoms with Crippen LogP contribution in [0, 0.1) is 5.82 Å². The molecule has 0 spiro atoms. The Hall–Kier alpha value is -3.17. The zero-order chi connectivity index (χ0) is 21.6. The number of H-pyrrole nitrogens is 1. The molecule has 3 aromatic rings. The van der Waals surface area contributed by atoms with Gasteiger partial charge in [0.05, 0.1) is 18.1 Å². The van der Waals surface area contributed by atoms with Crippen molar-refractivity contribution in [1.82, 2.24) is 15.0 Å². The summed E-state index contributed by atoms with van der Waals surface area (Å²) < 4.78 is 59.4. The fraction of sp³-hybridized carbons (Fsp3) is 0.350. The number of hydrogen-bond donors (Lipinski definition) is 1. The van der Waals surface area contributed by atoms with E-state index in [-0.39, 0.29) is 17.2 Å². The predicted molar refractivity (Wildman–Crippen MR) is 98.3 cm³/mol. The summed E-state index contributed by atoms with van der Waals surface area (Å²) in [7, 11) is 0. The third kappa shape index (κ3) is 6.16. The molecular formula is C20H19F4N3O3. The van der Waals surface area contributed by atoms with Gasteiger partial charge in [-0.25, -0.2) is 14.4 Å². The number of aryl methyl sites for hydroxylation is 1. The second kappa shape index (κ2) is 9.55. The molecule has 2 aromatic heterocycles. The number of unbranched alkanes of at least 4 members (excludes halogenated alkanes) is 3. The summed E-state index contributed by atoms with van der Waals surface area (Å²) in [5, 5.41) is 0. The summed E-state index contributed by atoms with van der Waals surface area (Å²) in [6, 6.07) is 2.94. The molecule has 10 heteroatoms. The number of imidazole rings is 1. The Balaban J connectivity index is 1.43. The van der Waals surface area contributed by atoms with E-state index in [4.69, 9.17) is 4.42 Å². The molecule has 0 aliphatic heterocycles. The summed E-state index contributed by atoms with van der Waals surface area (Å²) >= 11 is 0. The van der Waals surface area contributed by atoms with Crippen molar-refractivity contribution >= 4 is 5.78 Å². The van der Waals surface area contributed by atoms with Gasteiger partial charge in [0.2, 0.25) is 5.78 Å². The van der Waals surface area contributed by atoms with Crippen molar-refractivity contribution in [3.63, 3.8) is 0 Å². The number of aromatic nitrogens is 3. The lowest BCUT2D eigenvalue weighted by atomic mass is 10.1. The van der Waals surface area contributed by atoms with Gasteiger partial charge in [-0.1, -0.05) is 12.8 Å². The van der Waals surface area contributed by atoms with Crippen LogP contribution in [0.15, 0.2) is 41.3 Å². The molecule has 160 valence electrons. The van der Waals surface area contributed by atoms with Gasteiger partial charge >= 0.3 is 6.36 Å². The van der Waals surface area contributed by atoms with Crippen LogP contribution < -0.4 is 4.74 Å². The minimum atomic E-state index is -4.88. The molecule has 1 aromatic carbocycles. The maximum Gasteiger partial charge on any atom is 0.573 e. The second-order valence-corrected chi connectivity index (χ2v) is 6.61. The molecule has 3 rings (SSSR count). The molecule has 6 nitrogen and oxygen atoms in total. The first kappa shape index (κ1) is 21.5. The molecular weight excluding hydrogens is 406 g/mol. The van der Waals surface area contributed by atoms with E-state index in [0.717, 1.165) is 31.7 Å². The zero-order valence-corrected chi connectivity index (χ0v) is 15.8. The largest absolute Gasteiger partial charge is 0.573 e. The van der Waals surface area contributed by atoms with Crippen LogP contribution in [0.5, 0.6) is 5.75 Å². The van der Waals surface area contributed by atoms with Crippen molar-refractivity contribution in [2.24, 2.45) is 0 Å². The number of nitrogens with zero attached hydrogens (tertiary/aromatic N) is 2. The number of alkyl halides is 3. The van der Waals surface area contributed by atoms with E-state index in [1.54, 1.807) is 0 Å². The number of halogens is 4. The van der Waals surface area contributed by atoms with Crippen LogP contribution in [0.1, 0.15) is 48.6 Å². The van der Waals surface area contributed by atoms with Gasteiger partial charge in [0, 0.05) is 24.5 Å². The molecule has 0 aliphatic rings. The van der Waals surface area contributed by atoms with E-state index >= 15 is 0 Å². The standard InChI is InChI=1S/C20H19F4N3O3/c21-15-11-13(30-20(22,23)24)7-8-14(15)16-12-26-18(27-16)6-4-2-1-3-5-17(28)19-25-9-10-29-19/h7-12H,1-6H2,(H,26,27). The zero-order valence-electron chi connectivity index (χ0n) is 15.8. The Labute approximate surface area is 169 Å². The highest BCUT2D eigenvalue weighted by atomic mass is 19.4. The molecule has 0 unspecified atom stereocenters. The quantitative estimate of drug-likeness (QED) is 0.264. The average molecular weight is 425 g/mol. The van der Waals surface area contributed by atoms with E-state index < -0.39 is 17.9 Å². The average Bonchev–Trinajstić information content (AvgIpc) is 3.35. The van der Waals surface area contributed by atoms with Crippen molar-refractivity contribution in [3.8, 4) is 17.0 Å². The van der Waals surface area contributed by atoms with Gasteiger partial charge in [-0.2, -0.15) is 0 Å². The van der Waals surface area contributed by atoms with E-state index in [9.17, 15) is 22.4 Å². The van der Waals surface area contributed by atoms with Gasteiger partial charge in [-0.3, -0.25) is 4.79 Å². The number of oxazole rings is 1. The number of carbonyl (C=O) groups excluding carboxylic acids is 1. The number of rotatable bonds is 10. The second-order valence-electron chi connectivity index (χ2n) is 6.61. The molecule has 0 aliphatic carbocycles. The Morgan fingerprint density at radius 3 is 2.63 bits per heavy atom. The van der Waals surface area contributed by atoms with Crippen molar-refractivity contribution in [1.29, 1.82) is 0 Å². The van der Waals surface area contributed by atoms with Crippen LogP contribution in [0.2, 0.25) is 0 Å². The molecule has 1 N–H and O–H groups in total. The first-order valence-electron chi connectivity index (χ1n) is 9.34. The van der Waals surface area contributed by atoms with Crippen LogP contribution >= 0.6 is 0 Å². The van der Waals surface area contributed by atoms with Gasteiger partial charge in [-0.15, -0.1) is 13.2 Å². The Morgan fingerprint density at radius 2 is 1.93 bits per heavy atom. The normalized spacial score (nSPS) is 11.6. The van der Waals surface area contributed by atoms with Gasteiger partial charge in [0.1, 0.15) is 23.7 Å². The number of nitrogens with one attached hydrogen (secondary N) is 1. The van der Waals surface area contributed by atoms with E-state index in [0.29, 0.717) is 30.4 Å². The fourth-order valence-corrected chi connectivity index (χ4v) is 2.94. The molecule has 0 amide bonds. The van der Waals surface area contributed by atoms with Crippen LogP contribution in [-0.2, 0) is 6.42 Å². The number of ether oxygens (including phenoxy) is 1. The maximum atomic E-state index is 14.1. The molecule has 0 saturated carbocycles. The van der Waals surface area contributed by atoms with Crippen molar-refractivity contribution in [3.05, 3.63) is 54.4 Å². The highest BCUT2D eigenvalue weighted by Gasteiger charge is 2.31. The highest BCUT2D eigenvalue weighted by Crippen LogP contribution is 2.28. The van der Waals surface area contributed by atoms with E-state index in [1.807, 2.05) is 0 Å². The smallest absolute Gasteiger partial charge is 0.442 e. The topological polar surface area (TPSA) is 81.0 Å². The summed E-state index contributed by atoms with van der Waals surface area (Å²) in [6.07, 6.45) is 3.64. The highest BCUT2D eigenvalue weighted by molar-refractivity contribution is 5.91. The SMILES string of the molecule is O=C(CCCCCCc1ncc(-c2ccc(OC(F)(F)F)cc2F)[nH]1)c1ncco1. The first-order chi connectivity index (χ1) is 14.3. The van der Waals surface area contributed by atoms with Gasteiger partial charge in [0.25, 0.3) is 5.89 Å². The van der Waals surface area contributed by atoms with Crippen LogP contribution in [0.4, 0.5) is 17.6 Å². The number of Topliss-reactive ketones (excluding diaryl/α,β-unsaturated/α-hetero) is 1. The summed E-state index contributed by atoms with van der Waals surface area (Å²) in [6.45, 7) is 0. The first-order valence-corrected chi connectivity index (χ1v) is 9.34. The van der Waals surface area contributed by atoms with Crippen molar-refractivity contribution in [2.45, 2.75) is 44.9 Å². The Kier molecular flexibility index (Phi) is 6.86. The monoisotopic (exact) mass is 425 g/mol. The molecule has 0 fully saturated rings. The summed E-state index contributed by atoms with van der Waals surface area (Å²) in [4.78, 5) is 22.7. The fourth-order valence-electron chi connectivity index (χ4n) is 2.94. The van der Waals surface area contributed by atoms with Crippen molar-refractivity contribution < 1.29 is 31.5 Å². The Bertz CT molecular complexity index is 968. The van der Waals surface area contributed by atoms with Gasteiger partial charge in [-0.05, 0) is 25.0 Å². The summed E-state index contributed by atoms with van der Waals surface area (Å²) in [5.74, 6) is -0.809.